The molecule has 8 aromatic carbocycles. The maximum atomic E-state index is 15.3. The summed E-state index contributed by atoms with van der Waals surface area (Å²) < 4.78 is 74.3. The normalized spacial score (nSPS) is 13.6. The lowest BCUT2D eigenvalue weighted by atomic mass is 9.79. The number of rotatable bonds is 8. The molecule has 0 fully saturated rings. The molecule has 8 aromatic rings. The topological polar surface area (TPSA) is 134 Å². The molecule has 2 N–H and O–H groups in total. The summed E-state index contributed by atoms with van der Waals surface area (Å²) in [6.07, 6.45) is 0.187. The van der Waals surface area contributed by atoms with Gasteiger partial charge in [-0.2, -0.15) is 16.8 Å². The number of phenols is 2. The van der Waals surface area contributed by atoms with E-state index in [9.17, 15) is 10.2 Å². The Labute approximate surface area is 475 Å². The highest BCUT2D eigenvalue weighted by Crippen LogP contribution is 2.46. The van der Waals surface area contributed by atoms with E-state index in [4.69, 9.17) is 8.37 Å². The Balaban J connectivity index is 1.36. The summed E-state index contributed by atoms with van der Waals surface area (Å²) in [6.45, 7) is 25.2. The first-order valence-electron chi connectivity index (χ1n) is 27.4. The number of aromatic hydroxyl groups is 2. The van der Waals surface area contributed by atoms with Crippen LogP contribution in [0, 0.1) is 0 Å². The lowest BCUT2D eigenvalue weighted by Gasteiger charge is -2.28. The number of hydrogen-bond donors (Lipinski definition) is 2. The highest BCUT2D eigenvalue weighted by Gasteiger charge is 2.33. The molecule has 0 aromatic heterocycles. The number of hydrogen-bond acceptors (Lipinski definition) is 10. The Morgan fingerprint density at radius 1 is 0.362 bits per heavy atom. The Kier molecular flexibility index (Phi) is 14.8. The van der Waals surface area contributed by atoms with Crippen molar-refractivity contribution in [2.75, 3.05) is 38.0 Å². The van der Waals surface area contributed by atoms with Crippen molar-refractivity contribution >= 4 is 53.2 Å². The van der Waals surface area contributed by atoms with Crippen LogP contribution >= 0.6 is 0 Å². The van der Waals surface area contributed by atoms with Crippen LogP contribution in [0.1, 0.15) is 150 Å². The van der Waals surface area contributed by atoms with E-state index in [2.05, 4.69) is 83.1 Å². The fourth-order valence-electron chi connectivity index (χ4n) is 10.9. The second-order valence-corrected chi connectivity index (χ2v) is 29.4. The van der Waals surface area contributed by atoms with Crippen LogP contribution < -0.4 is 18.2 Å². The zero-order valence-corrected chi connectivity index (χ0v) is 51.1. The first kappa shape index (κ1) is 57.7. The number of anilines is 2. The Morgan fingerprint density at radius 2 is 0.600 bits per heavy atom. The van der Waals surface area contributed by atoms with E-state index in [-0.39, 0.29) is 58.5 Å². The molecule has 0 saturated carbocycles. The summed E-state index contributed by atoms with van der Waals surface area (Å²) >= 11 is 0. The molecule has 0 amide bonds. The summed E-state index contributed by atoms with van der Waals surface area (Å²) in [6, 6.07) is 37.4. The summed E-state index contributed by atoms with van der Waals surface area (Å²) in [5.41, 5.74) is 7.75. The molecular weight excluding hydrogens is 1040 g/mol. The van der Waals surface area contributed by atoms with E-state index in [0.717, 1.165) is 44.4 Å². The van der Waals surface area contributed by atoms with Gasteiger partial charge < -0.3 is 28.4 Å². The van der Waals surface area contributed by atoms with Gasteiger partial charge in [-0.15, -0.1) is 0 Å². The molecule has 12 heteroatoms. The molecule has 8 bridgehead atoms. The van der Waals surface area contributed by atoms with E-state index >= 15 is 16.8 Å². The quantitative estimate of drug-likeness (QED) is 0.142. The number of phenolic OH excluding ortho intramolecular Hbond substituents is 2. The number of fused-ring (bicyclic) bond motifs is 10. The van der Waals surface area contributed by atoms with Gasteiger partial charge in [0.2, 0.25) is 0 Å². The van der Waals surface area contributed by atoms with Crippen LogP contribution in [0.4, 0.5) is 11.4 Å². The lowest BCUT2D eigenvalue weighted by Crippen LogP contribution is -2.18. The van der Waals surface area contributed by atoms with Crippen molar-refractivity contribution in [3.8, 4) is 23.0 Å². The molecule has 0 radical (unpaired) electrons. The Morgan fingerprint density at radius 3 is 0.850 bits per heavy atom. The maximum Gasteiger partial charge on any atom is 0.339 e. The van der Waals surface area contributed by atoms with Crippen LogP contribution in [-0.4, -0.2) is 55.2 Å². The summed E-state index contributed by atoms with van der Waals surface area (Å²) in [4.78, 5) is 3.91. The van der Waals surface area contributed by atoms with Gasteiger partial charge in [0.25, 0.3) is 0 Å². The summed E-state index contributed by atoms with van der Waals surface area (Å²) in [5, 5.41) is 28.4. The van der Waals surface area contributed by atoms with Gasteiger partial charge in [-0.25, -0.2) is 0 Å². The number of benzene rings is 8. The van der Waals surface area contributed by atoms with Crippen molar-refractivity contribution in [2.24, 2.45) is 0 Å². The minimum atomic E-state index is -4.58. The van der Waals surface area contributed by atoms with Crippen LogP contribution in [0.15, 0.2) is 131 Å². The molecular formula is C68H78N2O8S2. The van der Waals surface area contributed by atoms with Crippen molar-refractivity contribution in [1.82, 2.24) is 0 Å². The first-order valence-corrected chi connectivity index (χ1v) is 30.2. The average Bonchev–Trinajstić information content (AvgIpc) is 3.55. The summed E-state index contributed by atoms with van der Waals surface area (Å²) in [5.74, 6) is 0.182. The minimum absolute atomic E-state index is 0.00643. The summed E-state index contributed by atoms with van der Waals surface area (Å²) in [7, 11) is -1.49. The molecule has 0 atom stereocenters. The third kappa shape index (κ3) is 11.4. The van der Waals surface area contributed by atoms with Crippen molar-refractivity contribution < 1.29 is 35.4 Å². The molecule has 1 aliphatic carbocycles. The van der Waals surface area contributed by atoms with E-state index in [1.54, 1.807) is 36.4 Å². The van der Waals surface area contributed by atoms with Crippen molar-refractivity contribution in [1.29, 1.82) is 0 Å². The van der Waals surface area contributed by atoms with Crippen LogP contribution in [0.2, 0.25) is 0 Å². The predicted octanol–water partition coefficient (Wildman–Crippen LogP) is 14.9. The predicted molar refractivity (Wildman–Crippen MR) is 327 cm³/mol. The fraction of sp³-hybridized carbons (Fsp3) is 0.353. The van der Waals surface area contributed by atoms with Gasteiger partial charge in [0.15, 0.2) is 0 Å². The van der Waals surface area contributed by atoms with Gasteiger partial charge in [0.1, 0.15) is 32.8 Å². The standard InChI is InChI=1S/C68H78N2O8S2/c1-65(2,3)49-33-41-29-45-37-51(67(7,8)9)39-47(63(45)77-79(73,74)59-27-19-21-53-55(59)23-17-25-57(53)69(13)14)31-43-35-50(66(4,5)6)36-44(62(43)72)32-48-40-52(68(10,11)12)38-46(30-42(34-49)61(41)71)64(48)78-80(75,76)60-28-20-22-54-56(60)24-18-26-58(54)70(15)16/h17-28,33-40,71-72H,29-32H2,1-16H3. The van der Waals surface area contributed by atoms with E-state index in [1.807, 2.05) is 123 Å². The lowest BCUT2D eigenvalue weighted by molar-refractivity contribution is 0.458. The smallest absolute Gasteiger partial charge is 0.339 e. The second-order valence-electron chi connectivity index (χ2n) is 26.4. The van der Waals surface area contributed by atoms with Crippen LogP contribution in [0.25, 0.3) is 21.5 Å². The molecule has 9 rings (SSSR count). The molecule has 420 valence electrons. The largest absolute Gasteiger partial charge is 0.507 e. The monoisotopic (exact) mass is 1110 g/mol. The van der Waals surface area contributed by atoms with Gasteiger partial charge in [0.05, 0.1) is 0 Å². The van der Waals surface area contributed by atoms with E-state index < -0.39 is 41.9 Å². The van der Waals surface area contributed by atoms with E-state index in [0.29, 0.717) is 55.3 Å². The van der Waals surface area contributed by atoms with Gasteiger partial charge in [-0.3, -0.25) is 0 Å². The van der Waals surface area contributed by atoms with Crippen molar-refractivity contribution in [3.63, 3.8) is 0 Å². The van der Waals surface area contributed by atoms with Crippen LogP contribution in [0.5, 0.6) is 23.0 Å². The molecule has 0 aliphatic heterocycles. The molecule has 10 nitrogen and oxygen atoms in total. The third-order valence-electron chi connectivity index (χ3n) is 15.6. The first-order chi connectivity index (χ1) is 37.1. The zero-order valence-electron chi connectivity index (χ0n) is 49.4. The minimum Gasteiger partial charge on any atom is -0.507 e. The molecule has 0 heterocycles. The Bertz CT molecular complexity index is 3640. The molecule has 0 saturated heterocycles. The van der Waals surface area contributed by atoms with Crippen molar-refractivity contribution in [2.45, 2.75) is 140 Å². The maximum absolute atomic E-state index is 15.3. The third-order valence-corrected chi connectivity index (χ3v) is 18.2. The van der Waals surface area contributed by atoms with Crippen molar-refractivity contribution in [3.05, 3.63) is 188 Å². The fourth-order valence-corrected chi connectivity index (χ4v) is 13.3. The highest BCUT2D eigenvalue weighted by atomic mass is 32.2. The Hall–Kier alpha value is -7.02. The molecule has 0 spiro atoms. The van der Waals surface area contributed by atoms with Gasteiger partial charge in [-0.05, 0) is 90.4 Å². The van der Waals surface area contributed by atoms with Gasteiger partial charge >= 0.3 is 20.2 Å². The highest BCUT2D eigenvalue weighted by molar-refractivity contribution is 7.87. The molecule has 0 unspecified atom stereocenters. The van der Waals surface area contributed by atoms with Gasteiger partial charge in [0, 0.05) is 109 Å². The van der Waals surface area contributed by atoms with Gasteiger partial charge in [-0.1, -0.05) is 180 Å². The van der Waals surface area contributed by atoms with Crippen LogP contribution in [-0.2, 0) is 67.6 Å². The van der Waals surface area contributed by atoms with Crippen LogP contribution in [0.3, 0.4) is 0 Å². The van der Waals surface area contributed by atoms with E-state index in [1.165, 1.54) is 0 Å². The SMILES string of the molecule is CN(C)c1cccc2c(S(=O)(=O)Oc3c4cc(C(C)(C)C)cc3Cc3cc(C(C)(C)C)cc(c3O)Cc3cc(C(C)(C)C)cc(c3OS(=O)(=O)c3cccc5c(N(C)C)cccc35)Cc3cc(C(C)(C)C)cc(c3O)C4)cccc12. The molecule has 1 aliphatic rings. The second kappa shape index (κ2) is 20.5. The zero-order chi connectivity index (χ0) is 58.4. The average molecular weight is 1120 g/mol. The number of nitrogens with zero attached hydrogens (tertiary/aromatic N) is 2. The molecule has 80 heavy (non-hydrogen) atoms.